The van der Waals surface area contributed by atoms with Gasteiger partial charge in [0.15, 0.2) is 0 Å². The molecule has 0 bridgehead atoms. The number of aryl methyl sites for hydroxylation is 2. The van der Waals surface area contributed by atoms with Gasteiger partial charge in [0.2, 0.25) is 5.91 Å². The lowest BCUT2D eigenvalue weighted by Crippen LogP contribution is -2.38. The highest BCUT2D eigenvalue weighted by Crippen LogP contribution is 2.29. The first-order valence-electron chi connectivity index (χ1n) is 9.00. The summed E-state index contributed by atoms with van der Waals surface area (Å²) in [5.41, 5.74) is 2.84. The fraction of sp³-hybridized carbons (Fsp3) is 0.421. The number of rotatable bonds is 5. The van der Waals surface area contributed by atoms with Crippen LogP contribution in [0, 0.1) is 0 Å². The number of para-hydroxylation sites is 1. The SMILES string of the molecule is CCn1nccc1[C@H]1OCC[C@@H]1NC(=O)Cc1nn(C)c2ccccc12. The molecule has 1 aromatic carbocycles. The van der Waals surface area contributed by atoms with Gasteiger partial charge >= 0.3 is 0 Å². The number of carbonyl (C=O) groups excluding carboxylic acids is 1. The minimum Gasteiger partial charge on any atom is -0.370 e. The van der Waals surface area contributed by atoms with Gasteiger partial charge in [-0.15, -0.1) is 0 Å². The molecule has 0 radical (unpaired) electrons. The molecular weight excluding hydrogens is 330 g/mol. The molecule has 1 aliphatic rings. The number of hydrogen-bond donors (Lipinski definition) is 1. The van der Waals surface area contributed by atoms with Crippen LogP contribution in [0.25, 0.3) is 10.9 Å². The molecule has 7 nitrogen and oxygen atoms in total. The monoisotopic (exact) mass is 353 g/mol. The number of carbonyl (C=O) groups is 1. The Bertz CT molecular complexity index is 929. The number of nitrogens with one attached hydrogen (secondary N) is 1. The molecule has 0 unspecified atom stereocenters. The molecule has 1 fully saturated rings. The molecule has 1 saturated heterocycles. The van der Waals surface area contributed by atoms with Gasteiger partial charge in [0.25, 0.3) is 0 Å². The summed E-state index contributed by atoms with van der Waals surface area (Å²) in [5.74, 6) is -0.0306. The highest BCUT2D eigenvalue weighted by Gasteiger charge is 2.33. The van der Waals surface area contributed by atoms with Crippen LogP contribution in [0.15, 0.2) is 36.5 Å². The van der Waals surface area contributed by atoms with Crippen molar-refractivity contribution < 1.29 is 9.53 Å². The summed E-state index contributed by atoms with van der Waals surface area (Å²) in [6, 6.07) is 9.89. The summed E-state index contributed by atoms with van der Waals surface area (Å²) in [4.78, 5) is 12.7. The van der Waals surface area contributed by atoms with Crippen LogP contribution in [0.4, 0.5) is 0 Å². The van der Waals surface area contributed by atoms with Crippen molar-refractivity contribution in [2.24, 2.45) is 7.05 Å². The van der Waals surface area contributed by atoms with Crippen LogP contribution in [0.2, 0.25) is 0 Å². The molecule has 2 atom stereocenters. The first kappa shape index (κ1) is 16.8. The van der Waals surface area contributed by atoms with Gasteiger partial charge in [0, 0.05) is 31.8 Å². The summed E-state index contributed by atoms with van der Waals surface area (Å²) >= 11 is 0. The molecule has 1 N–H and O–H groups in total. The van der Waals surface area contributed by atoms with Crippen molar-refractivity contribution in [3.8, 4) is 0 Å². The van der Waals surface area contributed by atoms with Crippen LogP contribution in [0.5, 0.6) is 0 Å². The zero-order valence-corrected chi connectivity index (χ0v) is 15.1. The highest BCUT2D eigenvalue weighted by molar-refractivity contribution is 5.87. The second-order valence-corrected chi connectivity index (χ2v) is 6.59. The van der Waals surface area contributed by atoms with Gasteiger partial charge in [0.1, 0.15) is 6.10 Å². The predicted octanol–water partition coefficient (Wildman–Crippen LogP) is 1.98. The molecule has 7 heteroatoms. The van der Waals surface area contributed by atoms with E-state index in [4.69, 9.17) is 4.74 Å². The smallest absolute Gasteiger partial charge is 0.226 e. The van der Waals surface area contributed by atoms with E-state index < -0.39 is 0 Å². The Balaban J connectivity index is 1.49. The van der Waals surface area contributed by atoms with E-state index in [9.17, 15) is 4.79 Å². The van der Waals surface area contributed by atoms with Gasteiger partial charge in [-0.2, -0.15) is 10.2 Å². The molecule has 2 aromatic heterocycles. The van der Waals surface area contributed by atoms with E-state index in [-0.39, 0.29) is 24.5 Å². The normalized spacial score (nSPS) is 19.9. The van der Waals surface area contributed by atoms with Gasteiger partial charge < -0.3 is 10.1 Å². The lowest BCUT2D eigenvalue weighted by molar-refractivity contribution is -0.121. The maximum Gasteiger partial charge on any atom is 0.226 e. The highest BCUT2D eigenvalue weighted by atomic mass is 16.5. The van der Waals surface area contributed by atoms with E-state index in [1.807, 2.05) is 53.7 Å². The maximum atomic E-state index is 12.7. The van der Waals surface area contributed by atoms with Crippen molar-refractivity contribution >= 4 is 16.8 Å². The largest absolute Gasteiger partial charge is 0.370 e. The van der Waals surface area contributed by atoms with Crippen molar-refractivity contribution in [3.05, 3.63) is 47.9 Å². The Morgan fingerprint density at radius 3 is 3.04 bits per heavy atom. The molecule has 4 rings (SSSR count). The third-order valence-corrected chi connectivity index (χ3v) is 4.94. The summed E-state index contributed by atoms with van der Waals surface area (Å²) < 4.78 is 9.62. The fourth-order valence-corrected chi connectivity index (χ4v) is 3.71. The first-order chi connectivity index (χ1) is 12.7. The lowest BCUT2D eigenvalue weighted by atomic mass is 10.1. The number of fused-ring (bicyclic) bond motifs is 1. The van der Waals surface area contributed by atoms with Crippen LogP contribution in [0.1, 0.15) is 30.8 Å². The predicted molar refractivity (Wildman–Crippen MR) is 97.6 cm³/mol. The van der Waals surface area contributed by atoms with Crippen LogP contribution >= 0.6 is 0 Å². The van der Waals surface area contributed by atoms with Crippen LogP contribution in [-0.2, 0) is 29.5 Å². The molecule has 26 heavy (non-hydrogen) atoms. The maximum absolute atomic E-state index is 12.7. The lowest BCUT2D eigenvalue weighted by Gasteiger charge is -2.20. The van der Waals surface area contributed by atoms with E-state index >= 15 is 0 Å². The number of ether oxygens (including phenoxy) is 1. The quantitative estimate of drug-likeness (QED) is 0.761. The van der Waals surface area contributed by atoms with Crippen LogP contribution in [-0.4, -0.2) is 38.1 Å². The van der Waals surface area contributed by atoms with Gasteiger partial charge in [-0.05, 0) is 25.5 Å². The summed E-state index contributed by atoms with van der Waals surface area (Å²) in [5, 5.41) is 13.0. The van der Waals surface area contributed by atoms with Gasteiger partial charge in [-0.3, -0.25) is 14.2 Å². The van der Waals surface area contributed by atoms with Crippen molar-refractivity contribution in [2.75, 3.05) is 6.61 Å². The minimum absolute atomic E-state index is 0.0306. The van der Waals surface area contributed by atoms with Crippen molar-refractivity contribution in [3.63, 3.8) is 0 Å². The Morgan fingerprint density at radius 2 is 2.19 bits per heavy atom. The molecule has 0 spiro atoms. The average Bonchev–Trinajstić information content (AvgIpc) is 3.35. The van der Waals surface area contributed by atoms with Gasteiger partial charge in [-0.1, -0.05) is 18.2 Å². The molecule has 3 heterocycles. The van der Waals surface area contributed by atoms with E-state index in [1.54, 1.807) is 6.20 Å². The summed E-state index contributed by atoms with van der Waals surface area (Å²) in [7, 11) is 1.90. The molecule has 0 aliphatic carbocycles. The third kappa shape index (κ3) is 2.99. The zero-order chi connectivity index (χ0) is 18.1. The van der Waals surface area contributed by atoms with Gasteiger partial charge in [0.05, 0.1) is 29.4 Å². The van der Waals surface area contributed by atoms with E-state index in [0.29, 0.717) is 6.61 Å². The zero-order valence-electron chi connectivity index (χ0n) is 15.1. The Hall–Kier alpha value is -2.67. The topological polar surface area (TPSA) is 74.0 Å². The van der Waals surface area contributed by atoms with E-state index in [2.05, 4.69) is 15.5 Å². The number of hydrogen-bond acceptors (Lipinski definition) is 4. The number of amides is 1. The number of nitrogens with zero attached hydrogens (tertiary/aromatic N) is 4. The minimum atomic E-state index is -0.151. The van der Waals surface area contributed by atoms with E-state index in [1.165, 1.54) is 0 Å². The molecule has 1 aliphatic heterocycles. The number of benzene rings is 1. The first-order valence-corrected chi connectivity index (χ1v) is 9.00. The van der Waals surface area contributed by atoms with Crippen molar-refractivity contribution in [1.29, 1.82) is 0 Å². The number of aromatic nitrogens is 4. The summed E-state index contributed by atoms with van der Waals surface area (Å²) in [6.07, 6.45) is 2.69. The van der Waals surface area contributed by atoms with Crippen molar-refractivity contribution in [1.82, 2.24) is 24.9 Å². The Labute approximate surface area is 151 Å². The van der Waals surface area contributed by atoms with E-state index in [0.717, 1.165) is 35.3 Å². The second kappa shape index (κ2) is 6.92. The van der Waals surface area contributed by atoms with Crippen LogP contribution in [0.3, 0.4) is 0 Å². The Kier molecular flexibility index (Phi) is 4.46. The fourth-order valence-electron chi connectivity index (χ4n) is 3.71. The van der Waals surface area contributed by atoms with Gasteiger partial charge in [-0.25, -0.2) is 0 Å². The standard InChI is InChI=1S/C19H23N5O2/c1-3-24-17(8-10-20-24)19-14(9-11-26-19)21-18(25)12-15-13-6-4-5-7-16(13)23(2)22-15/h4-8,10,14,19H,3,9,11-12H2,1-2H3,(H,21,25)/t14-,19-/m0/s1. The molecular formula is C19H23N5O2. The average molecular weight is 353 g/mol. The molecule has 3 aromatic rings. The third-order valence-electron chi connectivity index (χ3n) is 4.94. The molecule has 136 valence electrons. The van der Waals surface area contributed by atoms with Crippen LogP contribution < -0.4 is 5.32 Å². The Morgan fingerprint density at radius 1 is 1.35 bits per heavy atom. The summed E-state index contributed by atoms with van der Waals surface area (Å²) in [6.45, 7) is 3.46. The molecule has 0 saturated carbocycles. The molecule has 1 amide bonds. The van der Waals surface area contributed by atoms with Crippen molar-refractivity contribution in [2.45, 2.75) is 38.5 Å². The second-order valence-electron chi connectivity index (χ2n) is 6.59.